The van der Waals surface area contributed by atoms with Gasteiger partial charge in [0, 0.05) is 24.8 Å². The van der Waals surface area contributed by atoms with Crippen LogP contribution in [0.15, 0.2) is 53.1 Å². The maximum Gasteiger partial charge on any atom is 0.334 e. The summed E-state index contributed by atoms with van der Waals surface area (Å²) in [6.07, 6.45) is 0. The minimum Gasteiger partial charge on any atom is -0.458 e. The van der Waals surface area contributed by atoms with E-state index in [0.717, 1.165) is 27.3 Å². The number of hydrogen-bond acceptors (Lipinski definition) is 6. The van der Waals surface area contributed by atoms with E-state index >= 15 is 0 Å². The Morgan fingerprint density at radius 3 is 2.40 bits per heavy atom. The minimum absolute atomic E-state index is 0.163. The van der Waals surface area contributed by atoms with Gasteiger partial charge in [0.25, 0.3) is 11.3 Å². The van der Waals surface area contributed by atoms with Crippen LogP contribution in [-0.2, 0) is 26.7 Å². The van der Waals surface area contributed by atoms with Gasteiger partial charge in [0.1, 0.15) is 16.3 Å². The molecule has 4 unspecified atom stereocenters. The quantitative estimate of drug-likeness (QED) is 0.302. The SMILES string of the molecule is CC1C(c2ccccc2)C1(C(=O)OC(C)(C)C)N(c1ccc(-c2cc(C(C)(F)F)on2)s1)S(=O)O. The summed E-state index contributed by atoms with van der Waals surface area (Å²) >= 11 is -1.55. The standard InChI is InChI=1S/C24H26F2N2O5S2/c1-14-20(15-9-7-6-8-10-15)24(14,21(29)32-22(2,3)4)28(35(30)31)19-12-11-17(34-19)16-13-18(33-27-16)23(5,25)26/h6-14,20H,1-5H3,(H,30,31). The van der Waals surface area contributed by atoms with Gasteiger partial charge < -0.3 is 9.26 Å². The maximum absolute atomic E-state index is 13.6. The number of halogens is 2. The summed E-state index contributed by atoms with van der Waals surface area (Å²) < 4.78 is 62.1. The van der Waals surface area contributed by atoms with E-state index in [-0.39, 0.29) is 11.6 Å². The summed E-state index contributed by atoms with van der Waals surface area (Å²) in [6, 6.07) is 13.6. The molecule has 2 aromatic heterocycles. The number of ether oxygens (including phenoxy) is 1. The Morgan fingerprint density at radius 1 is 1.20 bits per heavy atom. The van der Waals surface area contributed by atoms with Gasteiger partial charge in [-0.05, 0) is 38.5 Å². The first kappa shape index (κ1) is 25.5. The number of carbonyl (C=O) groups excluding carboxylic acids is 1. The predicted molar refractivity (Wildman–Crippen MR) is 130 cm³/mol. The van der Waals surface area contributed by atoms with Crippen LogP contribution in [0.1, 0.15) is 51.9 Å². The minimum atomic E-state index is -3.20. The van der Waals surface area contributed by atoms with Crippen LogP contribution < -0.4 is 4.31 Å². The zero-order chi connectivity index (χ0) is 25.8. The van der Waals surface area contributed by atoms with Crippen molar-refractivity contribution in [2.45, 2.75) is 57.6 Å². The van der Waals surface area contributed by atoms with Crippen LogP contribution in [0.2, 0.25) is 0 Å². The van der Waals surface area contributed by atoms with E-state index in [9.17, 15) is 22.3 Å². The monoisotopic (exact) mass is 524 g/mol. The third-order valence-electron chi connectivity index (χ3n) is 5.92. The molecule has 0 saturated heterocycles. The lowest BCUT2D eigenvalue weighted by molar-refractivity contribution is -0.158. The van der Waals surface area contributed by atoms with Crippen molar-refractivity contribution in [2.24, 2.45) is 5.92 Å². The highest BCUT2D eigenvalue weighted by molar-refractivity contribution is 7.81. The molecule has 2 heterocycles. The van der Waals surface area contributed by atoms with E-state index in [2.05, 4.69) is 5.16 Å². The molecule has 188 valence electrons. The number of benzene rings is 1. The van der Waals surface area contributed by atoms with Gasteiger partial charge in [0.15, 0.2) is 5.54 Å². The third-order valence-corrected chi connectivity index (χ3v) is 7.94. The van der Waals surface area contributed by atoms with Crippen LogP contribution in [0.25, 0.3) is 10.6 Å². The fourth-order valence-electron chi connectivity index (χ4n) is 4.37. The van der Waals surface area contributed by atoms with Gasteiger partial charge in [-0.3, -0.25) is 4.55 Å². The summed E-state index contributed by atoms with van der Waals surface area (Å²) in [5.74, 6) is -5.15. The summed E-state index contributed by atoms with van der Waals surface area (Å²) in [6.45, 7) is 7.74. The van der Waals surface area contributed by atoms with Gasteiger partial charge in [0.2, 0.25) is 5.76 Å². The van der Waals surface area contributed by atoms with Gasteiger partial charge in [-0.2, -0.15) is 8.78 Å². The molecule has 0 spiro atoms. The number of rotatable bonds is 7. The number of hydrogen-bond donors (Lipinski definition) is 1. The van der Waals surface area contributed by atoms with Crippen LogP contribution in [0.5, 0.6) is 0 Å². The van der Waals surface area contributed by atoms with Gasteiger partial charge in [0.05, 0.1) is 4.88 Å². The molecule has 1 fully saturated rings. The molecular weight excluding hydrogens is 498 g/mol. The van der Waals surface area contributed by atoms with Crippen molar-refractivity contribution in [1.29, 1.82) is 0 Å². The number of anilines is 1. The predicted octanol–water partition coefficient (Wildman–Crippen LogP) is 5.97. The molecule has 4 atom stereocenters. The van der Waals surface area contributed by atoms with Crippen molar-refractivity contribution >= 4 is 33.6 Å². The number of alkyl halides is 2. The molecule has 1 saturated carbocycles. The van der Waals surface area contributed by atoms with Crippen molar-refractivity contribution in [2.75, 3.05) is 4.31 Å². The second-order valence-corrected chi connectivity index (χ2v) is 11.5. The van der Waals surface area contributed by atoms with Crippen LogP contribution in [0, 0.1) is 5.92 Å². The zero-order valence-corrected chi connectivity index (χ0v) is 21.5. The average molecular weight is 525 g/mol. The molecule has 1 aromatic carbocycles. The Hall–Kier alpha value is -2.63. The molecule has 1 aliphatic rings. The van der Waals surface area contributed by atoms with Crippen molar-refractivity contribution in [3.63, 3.8) is 0 Å². The van der Waals surface area contributed by atoms with E-state index in [1.165, 1.54) is 0 Å². The molecule has 0 amide bonds. The van der Waals surface area contributed by atoms with Gasteiger partial charge >= 0.3 is 11.9 Å². The zero-order valence-electron chi connectivity index (χ0n) is 19.8. The van der Waals surface area contributed by atoms with Crippen molar-refractivity contribution in [1.82, 2.24) is 5.16 Å². The van der Waals surface area contributed by atoms with Gasteiger partial charge in [-0.25, -0.2) is 13.3 Å². The highest BCUT2D eigenvalue weighted by atomic mass is 32.2. The lowest BCUT2D eigenvalue weighted by Gasteiger charge is -2.32. The molecule has 1 aliphatic carbocycles. The normalized spacial score (nSPS) is 23.1. The Bertz CT molecular complexity index is 1250. The highest BCUT2D eigenvalue weighted by Gasteiger charge is 2.74. The van der Waals surface area contributed by atoms with Crippen LogP contribution >= 0.6 is 11.3 Å². The van der Waals surface area contributed by atoms with E-state index in [0.29, 0.717) is 16.8 Å². The van der Waals surface area contributed by atoms with Crippen LogP contribution in [0.3, 0.4) is 0 Å². The smallest absolute Gasteiger partial charge is 0.334 e. The topological polar surface area (TPSA) is 92.9 Å². The average Bonchev–Trinajstić information content (AvgIpc) is 3.14. The molecule has 4 rings (SSSR count). The summed E-state index contributed by atoms with van der Waals surface area (Å²) in [7, 11) is 0. The molecule has 0 aliphatic heterocycles. The van der Waals surface area contributed by atoms with E-state index in [1.807, 2.05) is 37.3 Å². The Kier molecular flexibility index (Phi) is 6.40. The largest absolute Gasteiger partial charge is 0.458 e. The van der Waals surface area contributed by atoms with Crippen molar-refractivity contribution < 1.29 is 31.6 Å². The van der Waals surface area contributed by atoms with Crippen molar-refractivity contribution in [3.8, 4) is 10.6 Å². The lowest BCUT2D eigenvalue weighted by atomic mass is 10.1. The highest BCUT2D eigenvalue weighted by Crippen LogP contribution is 2.63. The first-order chi connectivity index (χ1) is 16.3. The molecule has 1 N–H and O–H groups in total. The Balaban J connectivity index is 1.78. The number of carbonyl (C=O) groups is 1. The molecule has 35 heavy (non-hydrogen) atoms. The number of esters is 1. The van der Waals surface area contributed by atoms with E-state index < -0.39 is 46.0 Å². The number of aromatic nitrogens is 1. The van der Waals surface area contributed by atoms with Gasteiger partial charge in [-0.15, -0.1) is 11.3 Å². The second-order valence-electron chi connectivity index (χ2n) is 9.63. The first-order valence-electron chi connectivity index (χ1n) is 10.9. The number of thiophene rings is 1. The van der Waals surface area contributed by atoms with E-state index in [1.54, 1.807) is 32.9 Å². The fourth-order valence-corrected chi connectivity index (χ4v) is 6.44. The van der Waals surface area contributed by atoms with Crippen LogP contribution in [0.4, 0.5) is 13.8 Å². The second kappa shape index (κ2) is 8.79. The first-order valence-corrected chi connectivity index (χ1v) is 12.8. The third kappa shape index (κ3) is 4.64. The molecule has 0 radical (unpaired) electrons. The van der Waals surface area contributed by atoms with Crippen molar-refractivity contribution in [3.05, 3.63) is 59.9 Å². The van der Waals surface area contributed by atoms with Crippen LogP contribution in [-0.4, -0.2) is 31.0 Å². The molecule has 11 heteroatoms. The van der Waals surface area contributed by atoms with Gasteiger partial charge in [-0.1, -0.05) is 42.4 Å². The van der Waals surface area contributed by atoms with E-state index in [4.69, 9.17) is 9.26 Å². The fraction of sp³-hybridized carbons (Fsp3) is 0.417. The Labute approximate surface area is 208 Å². The molecule has 3 aromatic rings. The Morgan fingerprint density at radius 2 is 1.86 bits per heavy atom. The number of nitrogens with zero attached hydrogens (tertiary/aromatic N) is 2. The summed E-state index contributed by atoms with van der Waals surface area (Å²) in [5.41, 5.74) is -1.26. The molecule has 7 nitrogen and oxygen atoms in total. The summed E-state index contributed by atoms with van der Waals surface area (Å²) in [5, 5.41) is 4.01. The lowest BCUT2D eigenvalue weighted by Crippen LogP contribution is -2.49. The molecule has 0 bridgehead atoms. The molecular formula is C24H26F2N2O5S2. The maximum atomic E-state index is 13.6. The summed E-state index contributed by atoms with van der Waals surface area (Å²) in [4.78, 5) is 14.1.